The van der Waals surface area contributed by atoms with Gasteiger partial charge in [-0.15, -0.1) is 11.3 Å². The van der Waals surface area contributed by atoms with E-state index in [1.807, 2.05) is 11.4 Å². The van der Waals surface area contributed by atoms with E-state index in [1.54, 1.807) is 11.3 Å². The van der Waals surface area contributed by atoms with Gasteiger partial charge < -0.3 is 5.32 Å². The molecule has 4 heteroatoms. The second kappa shape index (κ2) is 5.94. The number of carbonyl (C=O) groups is 1. The van der Waals surface area contributed by atoms with Crippen LogP contribution in [0.3, 0.4) is 0 Å². The second-order valence-corrected chi connectivity index (χ2v) is 6.69. The molecule has 1 N–H and O–H groups in total. The molecule has 1 heterocycles. The van der Waals surface area contributed by atoms with Crippen molar-refractivity contribution in [2.75, 3.05) is 6.54 Å². The van der Waals surface area contributed by atoms with E-state index >= 15 is 0 Å². The molecule has 0 bridgehead atoms. The smallest absolute Gasteiger partial charge is 0.139 e. The largest absolute Gasteiger partial charge is 0.312 e. The highest BCUT2D eigenvalue weighted by atomic mass is 79.9. The molecule has 0 saturated heterocycles. The number of rotatable bonds is 5. The molecular weight excluding hydrogens is 286 g/mol. The van der Waals surface area contributed by atoms with Gasteiger partial charge in [0.2, 0.25) is 0 Å². The van der Waals surface area contributed by atoms with E-state index in [0.717, 1.165) is 15.9 Å². The summed E-state index contributed by atoms with van der Waals surface area (Å²) in [5, 5.41) is 5.32. The first-order valence-electron chi connectivity index (χ1n) is 5.37. The molecule has 0 aliphatic carbocycles. The molecule has 0 radical (unpaired) electrons. The molecule has 90 valence electrons. The molecule has 1 rings (SSSR count). The Bertz CT molecular complexity index is 354. The predicted molar refractivity (Wildman–Crippen MR) is 73.1 cm³/mol. The molecule has 0 aliphatic heterocycles. The highest BCUT2D eigenvalue weighted by molar-refractivity contribution is 9.10. The second-order valence-electron chi connectivity index (χ2n) is 4.83. The number of Topliss-reactive ketones (excluding diaryl/α,β-unsaturated/α-hetero) is 1. The van der Waals surface area contributed by atoms with Crippen molar-refractivity contribution in [3.63, 3.8) is 0 Å². The number of halogens is 1. The van der Waals surface area contributed by atoms with Gasteiger partial charge in [0, 0.05) is 34.3 Å². The molecule has 2 nitrogen and oxygen atoms in total. The van der Waals surface area contributed by atoms with E-state index in [4.69, 9.17) is 0 Å². The Hall–Kier alpha value is -0.190. The number of ketones is 1. The zero-order valence-corrected chi connectivity index (χ0v) is 12.4. The lowest BCUT2D eigenvalue weighted by atomic mass is 10.1. The Labute approximate surface area is 110 Å². The quantitative estimate of drug-likeness (QED) is 0.903. The summed E-state index contributed by atoms with van der Waals surface area (Å²) in [5.41, 5.74) is 0.0871. The zero-order chi connectivity index (χ0) is 12.2. The van der Waals surface area contributed by atoms with Crippen molar-refractivity contribution >= 4 is 33.0 Å². The molecular formula is C12H18BrNOS. The van der Waals surface area contributed by atoms with Crippen molar-refractivity contribution in [2.24, 2.45) is 0 Å². The van der Waals surface area contributed by atoms with E-state index in [-0.39, 0.29) is 5.54 Å². The van der Waals surface area contributed by atoms with Crippen LogP contribution in [0.5, 0.6) is 0 Å². The fourth-order valence-corrected chi connectivity index (χ4v) is 2.82. The summed E-state index contributed by atoms with van der Waals surface area (Å²) >= 11 is 5.07. The van der Waals surface area contributed by atoms with Crippen LogP contribution in [-0.4, -0.2) is 17.9 Å². The van der Waals surface area contributed by atoms with Gasteiger partial charge in [-0.05, 0) is 48.1 Å². The van der Waals surface area contributed by atoms with Crippen LogP contribution in [0.4, 0.5) is 0 Å². The first-order chi connectivity index (χ1) is 7.38. The fourth-order valence-electron chi connectivity index (χ4n) is 1.30. The van der Waals surface area contributed by atoms with Gasteiger partial charge in [-0.1, -0.05) is 0 Å². The van der Waals surface area contributed by atoms with E-state index in [1.165, 1.54) is 0 Å². The van der Waals surface area contributed by atoms with Crippen molar-refractivity contribution in [3.05, 3.63) is 20.8 Å². The Morgan fingerprint density at radius 2 is 2.19 bits per heavy atom. The van der Waals surface area contributed by atoms with Gasteiger partial charge in [0.25, 0.3) is 0 Å². The van der Waals surface area contributed by atoms with Gasteiger partial charge in [-0.3, -0.25) is 4.79 Å². The van der Waals surface area contributed by atoms with Crippen molar-refractivity contribution in [1.82, 2.24) is 5.32 Å². The first kappa shape index (κ1) is 13.9. The predicted octanol–water partition coefficient (Wildman–Crippen LogP) is 3.40. The van der Waals surface area contributed by atoms with Crippen LogP contribution >= 0.6 is 27.3 Å². The maximum atomic E-state index is 11.7. The maximum Gasteiger partial charge on any atom is 0.139 e. The van der Waals surface area contributed by atoms with Crippen LogP contribution < -0.4 is 5.32 Å². The standard InChI is InChI=1S/C12H18BrNOS/c1-12(2,3)14-6-4-9(15)8-11-10(13)5-7-16-11/h5,7,14H,4,6,8H2,1-3H3. The Morgan fingerprint density at radius 3 is 2.69 bits per heavy atom. The molecule has 0 unspecified atom stereocenters. The molecule has 0 amide bonds. The lowest BCUT2D eigenvalue weighted by Gasteiger charge is -2.19. The van der Waals surface area contributed by atoms with Crippen LogP contribution in [0.1, 0.15) is 32.1 Å². The Balaban J connectivity index is 2.30. The lowest BCUT2D eigenvalue weighted by Crippen LogP contribution is -2.37. The summed E-state index contributed by atoms with van der Waals surface area (Å²) in [7, 11) is 0. The van der Waals surface area contributed by atoms with Gasteiger partial charge in [0.1, 0.15) is 5.78 Å². The summed E-state index contributed by atoms with van der Waals surface area (Å²) in [6, 6.07) is 1.99. The Kier molecular flexibility index (Phi) is 5.15. The van der Waals surface area contributed by atoms with Crippen molar-refractivity contribution in [3.8, 4) is 0 Å². The minimum Gasteiger partial charge on any atom is -0.312 e. The number of carbonyl (C=O) groups excluding carboxylic acids is 1. The molecule has 0 spiro atoms. The van der Waals surface area contributed by atoms with E-state index in [9.17, 15) is 4.79 Å². The minimum absolute atomic E-state index is 0.0871. The van der Waals surface area contributed by atoms with Gasteiger partial charge in [0.15, 0.2) is 0 Å². The molecule has 1 aromatic heterocycles. The maximum absolute atomic E-state index is 11.7. The van der Waals surface area contributed by atoms with Crippen molar-refractivity contribution in [1.29, 1.82) is 0 Å². The lowest BCUT2D eigenvalue weighted by molar-refractivity contribution is -0.118. The minimum atomic E-state index is 0.0871. The highest BCUT2D eigenvalue weighted by Gasteiger charge is 2.11. The molecule has 16 heavy (non-hydrogen) atoms. The summed E-state index contributed by atoms with van der Waals surface area (Å²) in [6.07, 6.45) is 1.14. The molecule has 1 aromatic rings. The normalized spacial score (nSPS) is 11.8. The summed E-state index contributed by atoms with van der Waals surface area (Å²) in [6.45, 7) is 7.07. The van der Waals surface area contributed by atoms with E-state index in [0.29, 0.717) is 18.6 Å². The summed E-state index contributed by atoms with van der Waals surface area (Å²) in [5.74, 6) is 0.292. The fraction of sp³-hybridized carbons (Fsp3) is 0.583. The highest BCUT2D eigenvalue weighted by Crippen LogP contribution is 2.23. The molecule has 0 saturated carbocycles. The third-order valence-electron chi connectivity index (χ3n) is 2.11. The van der Waals surface area contributed by atoms with Gasteiger partial charge >= 0.3 is 0 Å². The molecule has 0 aliphatic rings. The SMILES string of the molecule is CC(C)(C)NCCC(=O)Cc1sccc1Br. The van der Waals surface area contributed by atoms with Gasteiger partial charge in [-0.25, -0.2) is 0 Å². The summed E-state index contributed by atoms with van der Waals surface area (Å²) < 4.78 is 1.05. The molecule has 0 aromatic carbocycles. The average Bonchev–Trinajstić information content (AvgIpc) is 2.49. The number of thiophene rings is 1. The third-order valence-corrected chi connectivity index (χ3v) is 4.03. The van der Waals surface area contributed by atoms with Crippen molar-refractivity contribution in [2.45, 2.75) is 39.2 Å². The van der Waals surface area contributed by atoms with Crippen molar-refractivity contribution < 1.29 is 4.79 Å². The number of hydrogen-bond donors (Lipinski definition) is 1. The van der Waals surface area contributed by atoms with Gasteiger partial charge in [0.05, 0.1) is 0 Å². The zero-order valence-electron chi connectivity index (χ0n) is 9.97. The van der Waals surface area contributed by atoms with Crippen LogP contribution in [0.25, 0.3) is 0 Å². The van der Waals surface area contributed by atoms with Crippen LogP contribution in [-0.2, 0) is 11.2 Å². The van der Waals surface area contributed by atoms with Crippen LogP contribution in [0.15, 0.2) is 15.9 Å². The van der Waals surface area contributed by atoms with Crippen LogP contribution in [0, 0.1) is 0 Å². The number of nitrogens with one attached hydrogen (secondary N) is 1. The average molecular weight is 304 g/mol. The first-order valence-corrected chi connectivity index (χ1v) is 7.04. The monoisotopic (exact) mass is 303 g/mol. The van der Waals surface area contributed by atoms with E-state index in [2.05, 4.69) is 42.0 Å². The topological polar surface area (TPSA) is 29.1 Å². The molecule has 0 fully saturated rings. The van der Waals surface area contributed by atoms with Crippen LogP contribution in [0.2, 0.25) is 0 Å². The number of hydrogen-bond acceptors (Lipinski definition) is 3. The van der Waals surface area contributed by atoms with Gasteiger partial charge in [-0.2, -0.15) is 0 Å². The van der Waals surface area contributed by atoms with E-state index < -0.39 is 0 Å². The third kappa shape index (κ3) is 5.23. The molecule has 0 atom stereocenters. The Morgan fingerprint density at radius 1 is 1.50 bits per heavy atom. The summed E-state index contributed by atoms with van der Waals surface area (Å²) in [4.78, 5) is 12.8.